The molecule has 32 valence electrons. The van der Waals surface area contributed by atoms with Gasteiger partial charge in [-0.15, -0.1) is 0 Å². The zero-order valence-electron chi connectivity index (χ0n) is 5.47. The molecule has 0 aliphatic rings. The molecule has 0 unspecified atom stereocenters. The fourth-order valence-corrected chi connectivity index (χ4v) is 0. The molecule has 0 saturated carbocycles. The third-order valence-electron chi connectivity index (χ3n) is 0.175. The van der Waals surface area contributed by atoms with Crippen LogP contribution in [-0.4, -0.2) is 50.9 Å². The van der Waals surface area contributed by atoms with Gasteiger partial charge in [0.15, 0.2) is 0 Å². The molecule has 0 saturated heterocycles. The molecule has 0 atom stereocenters. The van der Waals surface area contributed by atoms with Crippen molar-refractivity contribution in [1.29, 1.82) is 0 Å². The number of carboxylic acid groups (broad SMARTS) is 1. The molecule has 0 aliphatic heterocycles. The third-order valence-corrected chi connectivity index (χ3v) is 0.524. The molecule has 0 aromatic heterocycles. The van der Waals surface area contributed by atoms with Crippen molar-refractivity contribution in [2.24, 2.45) is 0 Å². The normalized spacial score (nSPS) is 5.33. The molecule has 0 radical (unpaired) electrons. The maximum atomic E-state index is 9.18. The molecule has 0 aromatic carbocycles. The fourth-order valence-electron chi connectivity index (χ4n) is 0. The van der Waals surface area contributed by atoms with Crippen LogP contribution in [0.25, 0.3) is 0 Å². The molecule has 0 rings (SSSR count). The van der Waals surface area contributed by atoms with Gasteiger partial charge in [0.05, 0.1) is 0 Å². The zero-order chi connectivity index (χ0) is 4.28. The molecule has 0 bridgehead atoms. The molecular weight excluding hydrogens is 111 g/mol. The Morgan fingerprint density at radius 2 is 2.17 bits per heavy atom. The van der Waals surface area contributed by atoms with E-state index in [0.717, 1.165) is 0 Å². The van der Waals surface area contributed by atoms with Crippen LogP contribution in [0, 0.1) is 0 Å². The Hall–Kier alpha value is 0.569. The first-order valence-corrected chi connectivity index (χ1v) is 1.86. The van der Waals surface area contributed by atoms with Crippen molar-refractivity contribution in [2.45, 2.75) is 0 Å². The SMILES string of the molecule is O=C(O)[O][AlH2].[H-].[H-].[Mg+2]. The van der Waals surface area contributed by atoms with Crippen LogP contribution in [0.4, 0.5) is 4.79 Å². The summed E-state index contributed by atoms with van der Waals surface area (Å²) in [5, 5.41) is 7.53. The van der Waals surface area contributed by atoms with Gasteiger partial charge < -0.3 is 11.7 Å². The van der Waals surface area contributed by atoms with E-state index < -0.39 is 6.16 Å². The van der Waals surface area contributed by atoms with Crippen molar-refractivity contribution in [3.05, 3.63) is 0 Å². The first kappa shape index (κ1) is 9.76. The van der Waals surface area contributed by atoms with E-state index in [1.165, 1.54) is 0 Å². The van der Waals surface area contributed by atoms with E-state index in [2.05, 4.69) is 3.79 Å². The van der Waals surface area contributed by atoms with Gasteiger partial charge in [0.25, 0.3) is 0 Å². The molecule has 0 spiro atoms. The topological polar surface area (TPSA) is 46.5 Å². The van der Waals surface area contributed by atoms with Gasteiger partial charge in [-0.1, -0.05) is 0 Å². The van der Waals surface area contributed by atoms with Crippen LogP contribution >= 0.6 is 0 Å². The molecule has 0 heterocycles. The quantitative estimate of drug-likeness (QED) is 0.416. The monoisotopic (exact) mass is 116 g/mol. The van der Waals surface area contributed by atoms with Crippen LogP contribution in [0.1, 0.15) is 2.85 Å². The minimum Gasteiger partial charge on any atom is -1.00 e. The van der Waals surface area contributed by atoms with Gasteiger partial charge in [0, 0.05) is 0 Å². The Kier molecular flexibility index (Phi) is 9.06. The molecule has 6 heavy (non-hydrogen) atoms. The Bertz CT molecular complexity index is 52.5. The van der Waals surface area contributed by atoms with E-state index in [9.17, 15) is 4.79 Å². The van der Waals surface area contributed by atoms with Crippen molar-refractivity contribution < 1.29 is 16.5 Å². The summed E-state index contributed by atoms with van der Waals surface area (Å²) >= 11 is 0.274. The van der Waals surface area contributed by atoms with Gasteiger partial charge in [-0.05, 0) is 0 Å². The second kappa shape index (κ2) is 5.57. The van der Waals surface area contributed by atoms with E-state index in [0.29, 0.717) is 0 Å². The molecule has 0 amide bonds. The summed E-state index contributed by atoms with van der Waals surface area (Å²) in [4.78, 5) is 9.18. The summed E-state index contributed by atoms with van der Waals surface area (Å²) in [6.45, 7) is 0. The Morgan fingerprint density at radius 3 is 2.17 bits per heavy atom. The maximum Gasteiger partial charge on any atom is 2.00 e. The molecule has 5 heteroatoms. The van der Waals surface area contributed by atoms with E-state index in [4.69, 9.17) is 5.11 Å². The predicted molar refractivity (Wildman–Crippen MR) is 25.6 cm³/mol. The van der Waals surface area contributed by atoms with Gasteiger partial charge in [-0.3, -0.25) is 0 Å². The Balaban J connectivity index is -0.0000000267. The van der Waals surface area contributed by atoms with Crippen LogP contribution < -0.4 is 0 Å². The molecule has 0 fully saturated rings. The standard InChI is InChI=1S/CH2O3.Al.Mg.4H/c2-1(3)4;;;;;;/h(H2,2,3,4);;;;;;/q;+1;+2;;;2*-1/p-1. The second-order valence-electron chi connectivity index (χ2n) is 0.470. The van der Waals surface area contributed by atoms with E-state index in [1.807, 2.05) is 0 Å². The average Bonchev–Trinajstić information content (AvgIpc) is 1.38. The average molecular weight is 116 g/mol. The van der Waals surface area contributed by atoms with Crippen LogP contribution in [0.15, 0.2) is 0 Å². The van der Waals surface area contributed by atoms with E-state index in [-0.39, 0.29) is 42.5 Å². The largest absolute Gasteiger partial charge is 2.00 e. The zero-order valence-corrected chi connectivity index (χ0v) is 6.89. The predicted octanol–water partition coefficient (Wildman–Crippen LogP) is -0.927. The Morgan fingerprint density at radius 1 is 2.00 bits per heavy atom. The minimum absolute atomic E-state index is 0. The van der Waals surface area contributed by atoms with Crippen molar-refractivity contribution in [1.82, 2.24) is 0 Å². The first-order chi connectivity index (χ1) is 2.27. The van der Waals surface area contributed by atoms with Gasteiger partial charge in [0.1, 0.15) is 0 Å². The summed E-state index contributed by atoms with van der Waals surface area (Å²) in [5.41, 5.74) is 0. The third kappa shape index (κ3) is 8.82. The number of hydrogen-bond acceptors (Lipinski definition) is 2. The number of rotatable bonds is 0. The summed E-state index contributed by atoms with van der Waals surface area (Å²) in [5.74, 6) is 0. The van der Waals surface area contributed by atoms with Crippen LogP contribution in [0.2, 0.25) is 0 Å². The smallest absolute Gasteiger partial charge is 1.00 e. The van der Waals surface area contributed by atoms with Crippen LogP contribution in [0.3, 0.4) is 0 Å². The summed E-state index contributed by atoms with van der Waals surface area (Å²) < 4.78 is 3.81. The molecule has 3 nitrogen and oxygen atoms in total. The van der Waals surface area contributed by atoms with E-state index in [1.54, 1.807) is 0 Å². The van der Waals surface area contributed by atoms with Crippen LogP contribution in [0.5, 0.6) is 0 Å². The Labute approximate surface area is 62.5 Å². The van der Waals surface area contributed by atoms with E-state index >= 15 is 0 Å². The minimum atomic E-state index is -1.18. The van der Waals surface area contributed by atoms with Crippen LogP contribution in [-0.2, 0) is 3.79 Å². The van der Waals surface area contributed by atoms with Gasteiger partial charge in [0.2, 0.25) is 0 Å². The van der Waals surface area contributed by atoms with Gasteiger partial charge in [-0.25, -0.2) is 4.79 Å². The molecular formula is CH5AlMgO3. The number of hydrogen-bond donors (Lipinski definition) is 1. The van der Waals surface area contributed by atoms with Crippen molar-refractivity contribution in [3.8, 4) is 0 Å². The molecule has 0 aliphatic carbocycles. The summed E-state index contributed by atoms with van der Waals surface area (Å²) in [6.07, 6.45) is -1.18. The van der Waals surface area contributed by atoms with Gasteiger partial charge >= 0.3 is 45.8 Å². The van der Waals surface area contributed by atoms with Gasteiger partial charge in [-0.2, -0.15) is 0 Å². The van der Waals surface area contributed by atoms with Crippen molar-refractivity contribution >= 4 is 45.8 Å². The molecule has 1 N–H and O–H groups in total. The fraction of sp³-hybridized carbons (Fsp3) is 0. The first-order valence-electron chi connectivity index (χ1n) is 1.04. The summed E-state index contributed by atoms with van der Waals surface area (Å²) in [6, 6.07) is 0. The number of carbonyl (C=O) groups is 1. The maximum absolute atomic E-state index is 9.18. The van der Waals surface area contributed by atoms with Crippen molar-refractivity contribution in [3.63, 3.8) is 0 Å². The summed E-state index contributed by atoms with van der Waals surface area (Å²) in [7, 11) is 0. The molecule has 0 aromatic rings. The second-order valence-corrected chi connectivity index (χ2v) is 0.878. The van der Waals surface area contributed by atoms with Crippen molar-refractivity contribution in [2.75, 3.05) is 0 Å².